The standard InChI is InChI=1S/C13H13N5O6S/c1-2-25(23,24)7-5-8(12(20)9(6-7)18(21)22)16-17-11-4-3-10(19)13(14)15-11/h3-6,19-20H,2H2,1H3,(H2,14,15). The summed E-state index contributed by atoms with van der Waals surface area (Å²) >= 11 is 0. The van der Waals surface area contributed by atoms with Crippen LogP contribution in [0.3, 0.4) is 0 Å². The highest BCUT2D eigenvalue weighted by Gasteiger charge is 2.24. The van der Waals surface area contributed by atoms with Crippen LogP contribution in [-0.4, -0.2) is 34.3 Å². The molecule has 0 aliphatic heterocycles. The van der Waals surface area contributed by atoms with Crippen molar-refractivity contribution < 1.29 is 23.6 Å². The van der Waals surface area contributed by atoms with Gasteiger partial charge in [0.2, 0.25) is 5.75 Å². The summed E-state index contributed by atoms with van der Waals surface area (Å²) in [4.78, 5) is 13.4. The number of hydrogen-bond donors (Lipinski definition) is 3. The van der Waals surface area contributed by atoms with Gasteiger partial charge in [0, 0.05) is 6.07 Å². The predicted octanol–water partition coefficient (Wildman–Crippen LogP) is 2.19. The number of phenols is 1. The molecule has 0 amide bonds. The minimum atomic E-state index is -3.77. The Morgan fingerprint density at radius 2 is 1.96 bits per heavy atom. The van der Waals surface area contributed by atoms with Crippen molar-refractivity contribution in [2.45, 2.75) is 11.8 Å². The lowest BCUT2D eigenvalue weighted by Gasteiger charge is -2.05. The van der Waals surface area contributed by atoms with Crippen molar-refractivity contribution in [3.8, 4) is 11.5 Å². The Morgan fingerprint density at radius 3 is 2.52 bits per heavy atom. The Kier molecular flexibility index (Phi) is 4.83. The summed E-state index contributed by atoms with van der Waals surface area (Å²) in [6.07, 6.45) is 0. The van der Waals surface area contributed by atoms with Crippen LogP contribution in [0, 0.1) is 10.1 Å². The zero-order valence-corrected chi connectivity index (χ0v) is 13.6. The number of hydrogen-bond acceptors (Lipinski definition) is 10. The van der Waals surface area contributed by atoms with Gasteiger partial charge in [-0.1, -0.05) is 6.92 Å². The second kappa shape index (κ2) is 6.68. The van der Waals surface area contributed by atoms with Crippen LogP contribution in [0.15, 0.2) is 39.4 Å². The third kappa shape index (κ3) is 3.80. The molecule has 2 aromatic rings. The highest BCUT2D eigenvalue weighted by atomic mass is 32.2. The third-order valence-electron chi connectivity index (χ3n) is 3.13. The normalized spacial score (nSPS) is 11.7. The molecule has 12 heteroatoms. The number of nitro groups is 1. The number of benzene rings is 1. The van der Waals surface area contributed by atoms with Crippen LogP contribution >= 0.6 is 0 Å². The number of nitrogen functional groups attached to an aromatic ring is 1. The first-order valence-electron chi connectivity index (χ1n) is 6.77. The average molecular weight is 367 g/mol. The van der Waals surface area contributed by atoms with Crippen molar-refractivity contribution in [2.75, 3.05) is 11.5 Å². The fraction of sp³-hybridized carbons (Fsp3) is 0.154. The third-order valence-corrected chi connectivity index (χ3v) is 4.84. The summed E-state index contributed by atoms with van der Waals surface area (Å²) in [5.41, 5.74) is 4.16. The lowest BCUT2D eigenvalue weighted by Crippen LogP contribution is -2.04. The molecular formula is C13H13N5O6S. The molecule has 0 fully saturated rings. The lowest BCUT2D eigenvalue weighted by atomic mass is 10.2. The van der Waals surface area contributed by atoms with E-state index in [0.717, 1.165) is 12.1 Å². The van der Waals surface area contributed by atoms with Crippen molar-refractivity contribution in [3.63, 3.8) is 0 Å². The first kappa shape index (κ1) is 18.1. The number of aromatic nitrogens is 1. The molecule has 0 bridgehead atoms. The zero-order valence-electron chi connectivity index (χ0n) is 12.8. The van der Waals surface area contributed by atoms with Gasteiger partial charge < -0.3 is 15.9 Å². The van der Waals surface area contributed by atoms with Crippen LogP contribution in [0.1, 0.15) is 6.92 Å². The summed E-state index contributed by atoms with van der Waals surface area (Å²) in [6, 6.07) is 4.18. The van der Waals surface area contributed by atoms with Crippen LogP contribution in [0.5, 0.6) is 11.5 Å². The van der Waals surface area contributed by atoms with Crippen LogP contribution < -0.4 is 5.73 Å². The van der Waals surface area contributed by atoms with Gasteiger partial charge in [0.1, 0.15) is 5.69 Å². The van der Waals surface area contributed by atoms with E-state index in [1.807, 2.05) is 0 Å². The van der Waals surface area contributed by atoms with Gasteiger partial charge in [-0.05, 0) is 18.2 Å². The Hall–Kier alpha value is -3.28. The Labute approximate surface area is 141 Å². The van der Waals surface area contributed by atoms with Gasteiger partial charge in [-0.15, -0.1) is 10.2 Å². The molecule has 25 heavy (non-hydrogen) atoms. The van der Waals surface area contributed by atoms with E-state index in [0.29, 0.717) is 0 Å². The molecule has 11 nitrogen and oxygen atoms in total. The number of phenolic OH excluding ortho intramolecular Hbond substituents is 1. The monoisotopic (exact) mass is 367 g/mol. The second-order valence-corrected chi connectivity index (χ2v) is 7.02. The van der Waals surface area contributed by atoms with Crippen LogP contribution in [0.25, 0.3) is 0 Å². The van der Waals surface area contributed by atoms with E-state index in [-0.39, 0.29) is 28.0 Å². The molecule has 0 saturated carbocycles. The van der Waals surface area contributed by atoms with Crippen molar-refractivity contribution in [1.82, 2.24) is 4.98 Å². The first-order valence-corrected chi connectivity index (χ1v) is 8.42. The quantitative estimate of drug-likeness (QED) is 0.408. The van der Waals surface area contributed by atoms with E-state index >= 15 is 0 Å². The van der Waals surface area contributed by atoms with E-state index in [1.165, 1.54) is 19.1 Å². The molecule has 0 aliphatic carbocycles. The Morgan fingerprint density at radius 1 is 1.28 bits per heavy atom. The molecule has 132 valence electrons. The Bertz CT molecular complexity index is 973. The molecule has 0 unspecified atom stereocenters. The van der Waals surface area contributed by atoms with Gasteiger partial charge in [0.25, 0.3) is 0 Å². The smallest absolute Gasteiger partial charge is 0.314 e. The molecule has 4 N–H and O–H groups in total. The molecule has 0 aliphatic rings. The largest absolute Gasteiger partial charge is 0.504 e. The fourth-order valence-corrected chi connectivity index (χ4v) is 2.67. The molecule has 1 heterocycles. The molecule has 0 radical (unpaired) electrons. The average Bonchev–Trinajstić information content (AvgIpc) is 2.56. The lowest BCUT2D eigenvalue weighted by molar-refractivity contribution is -0.386. The van der Waals surface area contributed by atoms with Crippen LogP contribution in [0.4, 0.5) is 23.0 Å². The number of pyridine rings is 1. The molecule has 2 rings (SSSR count). The van der Waals surface area contributed by atoms with Crippen molar-refractivity contribution in [2.24, 2.45) is 10.2 Å². The minimum Gasteiger partial charge on any atom is -0.504 e. The van der Waals surface area contributed by atoms with E-state index in [9.17, 15) is 28.7 Å². The Balaban J connectivity index is 2.57. The molecular weight excluding hydrogens is 354 g/mol. The number of nitrogens with zero attached hydrogens (tertiary/aromatic N) is 4. The molecule has 0 spiro atoms. The molecule has 0 saturated heterocycles. The number of anilines is 1. The SMILES string of the molecule is CCS(=O)(=O)c1cc(N=Nc2ccc(O)c(N)n2)c(O)c([N+](=O)[O-])c1. The summed E-state index contributed by atoms with van der Waals surface area (Å²) < 4.78 is 23.9. The molecule has 0 atom stereocenters. The van der Waals surface area contributed by atoms with Crippen molar-refractivity contribution >= 4 is 32.8 Å². The van der Waals surface area contributed by atoms with Gasteiger partial charge in [0.05, 0.1) is 15.6 Å². The summed E-state index contributed by atoms with van der Waals surface area (Å²) in [5, 5.41) is 37.5. The van der Waals surface area contributed by atoms with Gasteiger partial charge >= 0.3 is 5.69 Å². The summed E-state index contributed by atoms with van der Waals surface area (Å²) in [7, 11) is -3.77. The zero-order chi connectivity index (χ0) is 18.8. The summed E-state index contributed by atoms with van der Waals surface area (Å²) in [5.74, 6) is -1.67. The van der Waals surface area contributed by atoms with E-state index in [2.05, 4.69) is 15.2 Å². The minimum absolute atomic E-state index is 0.0545. The second-order valence-electron chi connectivity index (χ2n) is 4.74. The highest BCUT2D eigenvalue weighted by molar-refractivity contribution is 7.91. The predicted molar refractivity (Wildman–Crippen MR) is 87.0 cm³/mol. The van der Waals surface area contributed by atoms with Gasteiger partial charge in [0.15, 0.2) is 27.2 Å². The van der Waals surface area contributed by atoms with E-state index < -0.39 is 31.9 Å². The summed E-state index contributed by atoms with van der Waals surface area (Å²) in [6.45, 7) is 1.37. The van der Waals surface area contributed by atoms with Gasteiger partial charge in [-0.3, -0.25) is 10.1 Å². The fourth-order valence-electron chi connectivity index (χ4n) is 1.76. The molecule has 1 aromatic heterocycles. The molecule has 1 aromatic carbocycles. The maximum atomic E-state index is 12.0. The maximum Gasteiger partial charge on any atom is 0.314 e. The number of nitrogens with two attached hydrogens (primary N) is 1. The van der Waals surface area contributed by atoms with Crippen molar-refractivity contribution in [3.05, 3.63) is 34.4 Å². The topological polar surface area (TPSA) is 181 Å². The number of azo groups is 1. The van der Waals surface area contributed by atoms with E-state index in [4.69, 9.17) is 5.73 Å². The number of nitro benzene ring substituents is 1. The van der Waals surface area contributed by atoms with Gasteiger partial charge in [-0.2, -0.15) is 0 Å². The van der Waals surface area contributed by atoms with Crippen molar-refractivity contribution in [1.29, 1.82) is 0 Å². The van der Waals surface area contributed by atoms with Gasteiger partial charge in [-0.25, -0.2) is 13.4 Å². The number of aromatic hydroxyl groups is 2. The van der Waals surface area contributed by atoms with Crippen LogP contribution in [-0.2, 0) is 9.84 Å². The maximum absolute atomic E-state index is 12.0. The highest BCUT2D eigenvalue weighted by Crippen LogP contribution is 2.39. The van der Waals surface area contributed by atoms with E-state index in [1.54, 1.807) is 0 Å². The number of rotatable bonds is 5. The number of sulfone groups is 1. The van der Waals surface area contributed by atoms with Crippen LogP contribution in [0.2, 0.25) is 0 Å². The first-order chi connectivity index (χ1) is 11.7.